The van der Waals surface area contributed by atoms with Gasteiger partial charge in [-0.15, -0.1) is 0 Å². The van der Waals surface area contributed by atoms with Gasteiger partial charge in [0, 0.05) is 17.8 Å². The summed E-state index contributed by atoms with van der Waals surface area (Å²) in [5, 5.41) is 16.7. The number of nitrogens with one attached hydrogen (secondary N) is 2. The Labute approximate surface area is 135 Å². The Kier molecular flexibility index (Phi) is 5.09. The molecule has 1 saturated carbocycles. The number of aliphatic hydroxyl groups excluding tert-OH is 1. The molecule has 0 radical (unpaired) electrons. The van der Waals surface area contributed by atoms with Crippen molar-refractivity contribution in [2.75, 3.05) is 10.6 Å². The third kappa shape index (κ3) is 4.81. The fraction of sp³-hybridized carbons (Fsp3) is 0.733. The van der Waals surface area contributed by atoms with Gasteiger partial charge in [-0.1, -0.05) is 6.92 Å². The van der Waals surface area contributed by atoms with Crippen molar-refractivity contribution < 1.29 is 5.11 Å². The highest BCUT2D eigenvalue weighted by Gasteiger charge is 2.26. The number of rotatable bonds is 3. The van der Waals surface area contributed by atoms with Crippen molar-refractivity contribution in [1.29, 1.82) is 0 Å². The second-order valence-electron chi connectivity index (χ2n) is 6.96. The summed E-state index contributed by atoms with van der Waals surface area (Å²) >= 11 is 3.49. The van der Waals surface area contributed by atoms with Gasteiger partial charge in [0.25, 0.3) is 0 Å². The van der Waals surface area contributed by atoms with Crippen LogP contribution < -0.4 is 10.6 Å². The molecule has 1 aromatic heterocycles. The zero-order valence-electron chi connectivity index (χ0n) is 13.2. The number of aromatic nitrogens is 2. The molecule has 1 heterocycles. The van der Waals surface area contributed by atoms with E-state index in [1.807, 2.05) is 0 Å². The van der Waals surface area contributed by atoms with Crippen molar-refractivity contribution >= 4 is 27.7 Å². The van der Waals surface area contributed by atoms with E-state index in [0.717, 1.165) is 29.6 Å². The molecule has 0 bridgehead atoms. The molecular weight excluding hydrogens is 332 g/mol. The maximum atomic E-state index is 10.0. The second kappa shape index (κ2) is 6.48. The van der Waals surface area contributed by atoms with E-state index in [9.17, 15) is 5.11 Å². The molecule has 1 fully saturated rings. The van der Waals surface area contributed by atoms with E-state index in [-0.39, 0.29) is 17.7 Å². The zero-order valence-corrected chi connectivity index (χ0v) is 14.7. The predicted octanol–water partition coefficient (Wildman–Crippen LogP) is 3.41. The normalized spacial score (nSPS) is 26.5. The molecule has 21 heavy (non-hydrogen) atoms. The van der Waals surface area contributed by atoms with Gasteiger partial charge in [0.2, 0.25) is 5.95 Å². The SMILES string of the molecule is C[C@@H]1CC[C@@H](Nc2nc(NC(C)(C)C)ncc2Br)C[C@H]1O. The van der Waals surface area contributed by atoms with Crippen molar-refractivity contribution in [2.24, 2.45) is 5.92 Å². The first kappa shape index (κ1) is 16.5. The molecule has 0 unspecified atom stereocenters. The minimum Gasteiger partial charge on any atom is -0.393 e. The molecule has 6 heteroatoms. The van der Waals surface area contributed by atoms with Crippen LogP contribution in [0.1, 0.15) is 47.0 Å². The lowest BCUT2D eigenvalue weighted by molar-refractivity contribution is 0.0739. The standard InChI is InChI=1S/C15H25BrN4O/c1-9-5-6-10(7-12(9)21)18-13-11(16)8-17-14(19-13)20-15(2,3)4/h8-10,12,21H,5-7H2,1-4H3,(H2,17,18,19,20)/t9-,10-,12-/m1/s1. The van der Waals surface area contributed by atoms with E-state index in [4.69, 9.17) is 0 Å². The largest absolute Gasteiger partial charge is 0.393 e. The van der Waals surface area contributed by atoms with Crippen molar-refractivity contribution in [3.8, 4) is 0 Å². The van der Waals surface area contributed by atoms with Crippen molar-refractivity contribution in [2.45, 2.75) is 64.6 Å². The van der Waals surface area contributed by atoms with Gasteiger partial charge >= 0.3 is 0 Å². The summed E-state index contributed by atoms with van der Waals surface area (Å²) in [6, 6.07) is 0.255. The summed E-state index contributed by atoms with van der Waals surface area (Å²) in [4.78, 5) is 8.82. The molecule has 0 spiro atoms. The molecule has 3 N–H and O–H groups in total. The van der Waals surface area contributed by atoms with Crippen LogP contribution in [0.5, 0.6) is 0 Å². The first-order chi connectivity index (χ1) is 9.74. The van der Waals surface area contributed by atoms with Gasteiger partial charge in [-0.25, -0.2) is 4.98 Å². The van der Waals surface area contributed by atoms with E-state index in [0.29, 0.717) is 11.9 Å². The Morgan fingerprint density at radius 2 is 2.05 bits per heavy atom. The summed E-state index contributed by atoms with van der Waals surface area (Å²) in [5.41, 5.74) is -0.0818. The predicted molar refractivity (Wildman–Crippen MR) is 89.5 cm³/mol. The van der Waals surface area contributed by atoms with Crippen LogP contribution in [0.4, 0.5) is 11.8 Å². The second-order valence-corrected chi connectivity index (χ2v) is 7.82. The van der Waals surface area contributed by atoms with Gasteiger partial charge in [-0.3, -0.25) is 0 Å². The highest BCUT2D eigenvalue weighted by molar-refractivity contribution is 9.10. The molecular formula is C15H25BrN4O. The van der Waals surface area contributed by atoms with Gasteiger partial charge in [0.1, 0.15) is 5.82 Å². The molecule has 2 rings (SSSR count). The monoisotopic (exact) mass is 356 g/mol. The number of hydrogen-bond acceptors (Lipinski definition) is 5. The smallest absolute Gasteiger partial charge is 0.225 e. The van der Waals surface area contributed by atoms with Crippen LogP contribution in [0.15, 0.2) is 10.7 Å². The molecule has 0 amide bonds. The van der Waals surface area contributed by atoms with Crippen LogP contribution in [0.2, 0.25) is 0 Å². The van der Waals surface area contributed by atoms with Gasteiger partial charge in [-0.2, -0.15) is 4.98 Å². The summed E-state index contributed by atoms with van der Waals surface area (Å²) in [6.07, 6.45) is 4.38. The summed E-state index contributed by atoms with van der Waals surface area (Å²) in [6.45, 7) is 8.33. The average molecular weight is 357 g/mol. The average Bonchev–Trinajstić information content (AvgIpc) is 2.36. The quantitative estimate of drug-likeness (QED) is 0.773. The third-order valence-electron chi connectivity index (χ3n) is 3.73. The number of anilines is 2. The molecule has 5 nitrogen and oxygen atoms in total. The van der Waals surface area contributed by atoms with E-state index in [1.165, 1.54) is 0 Å². The summed E-state index contributed by atoms with van der Waals surface area (Å²) in [7, 11) is 0. The van der Waals surface area contributed by atoms with E-state index < -0.39 is 0 Å². The van der Waals surface area contributed by atoms with Crippen LogP contribution in [0.25, 0.3) is 0 Å². The topological polar surface area (TPSA) is 70.1 Å². The Balaban J connectivity index is 2.07. The first-order valence-electron chi connectivity index (χ1n) is 7.50. The van der Waals surface area contributed by atoms with E-state index >= 15 is 0 Å². The number of hydrogen-bond donors (Lipinski definition) is 3. The highest BCUT2D eigenvalue weighted by Crippen LogP contribution is 2.29. The summed E-state index contributed by atoms with van der Waals surface area (Å²) < 4.78 is 0.843. The van der Waals surface area contributed by atoms with E-state index in [1.54, 1.807) is 6.20 Å². The van der Waals surface area contributed by atoms with Crippen molar-refractivity contribution in [3.05, 3.63) is 10.7 Å². The minimum atomic E-state index is -0.232. The minimum absolute atomic E-state index is 0.0818. The summed E-state index contributed by atoms with van der Waals surface area (Å²) in [5.74, 6) is 1.77. The molecule has 0 aliphatic heterocycles. The lowest BCUT2D eigenvalue weighted by atomic mass is 9.85. The number of aliphatic hydroxyl groups is 1. The van der Waals surface area contributed by atoms with Crippen molar-refractivity contribution in [1.82, 2.24) is 9.97 Å². The maximum absolute atomic E-state index is 10.0. The fourth-order valence-electron chi connectivity index (χ4n) is 2.49. The first-order valence-corrected chi connectivity index (χ1v) is 8.29. The molecule has 0 saturated heterocycles. The Bertz CT molecular complexity index is 489. The molecule has 3 atom stereocenters. The number of nitrogens with zero attached hydrogens (tertiary/aromatic N) is 2. The van der Waals surface area contributed by atoms with Crippen molar-refractivity contribution in [3.63, 3.8) is 0 Å². The number of halogens is 1. The van der Waals surface area contributed by atoms with Crippen LogP contribution in [-0.4, -0.2) is 32.8 Å². The molecule has 118 valence electrons. The van der Waals surface area contributed by atoms with Crippen LogP contribution in [-0.2, 0) is 0 Å². The Hall–Kier alpha value is -0.880. The molecule has 1 aromatic rings. The van der Waals surface area contributed by atoms with Gasteiger partial charge < -0.3 is 15.7 Å². The fourth-order valence-corrected chi connectivity index (χ4v) is 2.79. The zero-order chi connectivity index (χ0) is 15.6. The Morgan fingerprint density at radius 1 is 1.33 bits per heavy atom. The van der Waals surface area contributed by atoms with Crippen LogP contribution >= 0.6 is 15.9 Å². The van der Waals surface area contributed by atoms with Gasteiger partial charge in [0.05, 0.1) is 10.6 Å². The van der Waals surface area contributed by atoms with E-state index in [2.05, 4.69) is 64.2 Å². The van der Waals surface area contributed by atoms with Crippen LogP contribution in [0, 0.1) is 5.92 Å². The highest BCUT2D eigenvalue weighted by atomic mass is 79.9. The van der Waals surface area contributed by atoms with Gasteiger partial charge in [-0.05, 0) is 61.9 Å². The van der Waals surface area contributed by atoms with Gasteiger partial charge in [0.15, 0.2) is 0 Å². The maximum Gasteiger partial charge on any atom is 0.225 e. The molecule has 0 aromatic carbocycles. The third-order valence-corrected chi connectivity index (χ3v) is 4.31. The lowest BCUT2D eigenvalue weighted by Gasteiger charge is -2.32. The molecule has 1 aliphatic carbocycles. The van der Waals surface area contributed by atoms with Crippen LogP contribution in [0.3, 0.4) is 0 Å². The lowest BCUT2D eigenvalue weighted by Crippen LogP contribution is -2.35. The Morgan fingerprint density at radius 3 is 2.67 bits per heavy atom. The molecule has 1 aliphatic rings.